The van der Waals surface area contributed by atoms with Crippen LogP contribution in [0, 0.1) is 5.82 Å². The molecule has 0 unspecified atom stereocenters. The van der Waals surface area contributed by atoms with Crippen molar-refractivity contribution in [3.05, 3.63) is 53.2 Å². The first-order valence-corrected chi connectivity index (χ1v) is 5.69. The van der Waals surface area contributed by atoms with Crippen molar-refractivity contribution in [1.29, 1.82) is 0 Å². The highest BCUT2D eigenvalue weighted by atomic mass is 35.5. The van der Waals surface area contributed by atoms with E-state index < -0.39 is 0 Å². The first kappa shape index (κ1) is 11.1. The van der Waals surface area contributed by atoms with Gasteiger partial charge in [-0.2, -0.15) is 5.10 Å². The van der Waals surface area contributed by atoms with Crippen LogP contribution < -0.4 is 0 Å². The summed E-state index contributed by atoms with van der Waals surface area (Å²) in [7, 11) is 0. The van der Waals surface area contributed by atoms with E-state index in [0.29, 0.717) is 22.9 Å². The van der Waals surface area contributed by atoms with Crippen LogP contribution in [-0.2, 0) is 6.54 Å². The summed E-state index contributed by atoms with van der Waals surface area (Å²) in [4.78, 5) is 8.27. The van der Waals surface area contributed by atoms with Crippen LogP contribution in [0.1, 0.15) is 5.56 Å². The Hall–Kier alpha value is -2.01. The molecule has 0 saturated heterocycles. The molecule has 0 radical (unpaired) electrons. The molecule has 2 heterocycles. The van der Waals surface area contributed by atoms with Gasteiger partial charge in [0.05, 0.1) is 18.9 Å². The van der Waals surface area contributed by atoms with E-state index in [1.807, 2.05) is 6.07 Å². The molecule has 0 bridgehead atoms. The smallest absolute Gasteiger partial charge is 0.178 e. The normalized spacial score (nSPS) is 11.0. The van der Waals surface area contributed by atoms with Crippen LogP contribution in [0.5, 0.6) is 0 Å². The van der Waals surface area contributed by atoms with Gasteiger partial charge in [0.25, 0.3) is 0 Å². The lowest BCUT2D eigenvalue weighted by atomic mass is 10.2. The maximum absolute atomic E-state index is 13.1. The zero-order valence-corrected chi connectivity index (χ0v) is 9.97. The number of rotatable bonds is 2. The molecule has 0 atom stereocenters. The average Bonchev–Trinajstić information content (AvgIpc) is 2.72. The highest BCUT2D eigenvalue weighted by molar-refractivity contribution is 6.29. The van der Waals surface area contributed by atoms with Crippen molar-refractivity contribution in [2.24, 2.45) is 0 Å². The van der Waals surface area contributed by atoms with Crippen LogP contribution >= 0.6 is 11.6 Å². The molecule has 4 nitrogen and oxygen atoms in total. The minimum atomic E-state index is -0.270. The second kappa shape index (κ2) is 4.34. The third-order valence-electron chi connectivity index (χ3n) is 2.54. The van der Waals surface area contributed by atoms with Crippen LogP contribution in [0.3, 0.4) is 0 Å². The largest absolute Gasteiger partial charge is 0.248 e. The highest BCUT2D eigenvalue weighted by Gasteiger charge is 2.07. The van der Waals surface area contributed by atoms with Crippen LogP contribution in [0.2, 0.25) is 5.15 Å². The molecule has 1 aromatic carbocycles. The molecule has 0 spiro atoms. The zero-order valence-electron chi connectivity index (χ0n) is 9.22. The number of hydrogen-bond donors (Lipinski definition) is 0. The van der Waals surface area contributed by atoms with Gasteiger partial charge in [-0.25, -0.2) is 19.0 Å². The van der Waals surface area contributed by atoms with Crippen molar-refractivity contribution in [1.82, 2.24) is 19.7 Å². The van der Waals surface area contributed by atoms with Gasteiger partial charge in [0.2, 0.25) is 0 Å². The standard InChI is InChI=1S/C12H8ClFN4/c13-11-6-15-10-5-16-18(12(10)17-11)7-8-2-1-3-9(14)4-8/h1-6H,7H2. The maximum Gasteiger partial charge on any atom is 0.178 e. The molecular weight excluding hydrogens is 255 g/mol. The number of halogens is 2. The molecular formula is C12H8ClFN4. The van der Waals surface area contributed by atoms with Crippen LogP contribution in [-0.4, -0.2) is 19.7 Å². The Labute approximate surface area is 107 Å². The monoisotopic (exact) mass is 262 g/mol. The lowest BCUT2D eigenvalue weighted by Crippen LogP contribution is -2.03. The molecule has 2 aromatic heterocycles. The molecule has 0 aliphatic rings. The van der Waals surface area contributed by atoms with Crippen molar-refractivity contribution < 1.29 is 4.39 Å². The Kier molecular flexibility index (Phi) is 2.68. The molecule has 3 rings (SSSR count). The Morgan fingerprint density at radius 3 is 3.00 bits per heavy atom. The minimum Gasteiger partial charge on any atom is -0.248 e. The third kappa shape index (κ3) is 2.04. The topological polar surface area (TPSA) is 43.6 Å². The summed E-state index contributed by atoms with van der Waals surface area (Å²) in [6.45, 7) is 0.427. The second-order valence-electron chi connectivity index (χ2n) is 3.83. The van der Waals surface area contributed by atoms with Gasteiger partial charge in [0.1, 0.15) is 16.5 Å². The van der Waals surface area contributed by atoms with E-state index in [-0.39, 0.29) is 5.82 Å². The van der Waals surface area contributed by atoms with Crippen LogP contribution in [0.15, 0.2) is 36.7 Å². The number of benzene rings is 1. The summed E-state index contributed by atoms with van der Waals surface area (Å²) in [6.07, 6.45) is 3.08. The Morgan fingerprint density at radius 2 is 2.17 bits per heavy atom. The number of nitrogens with zero attached hydrogens (tertiary/aromatic N) is 4. The van der Waals surface area contributed by atoms with Crippen molar-refractivity contribution in [2.45, 2.75) is 6.54 Å². The highest BCUT2D eigenvalue weighted by Crippen LogP contribution is 2.14. The predicted molar refractivity (Wildman–Crippen MR) is 65.8 cm³/mol. The van der Waals surface area contributed by atoms with E-state index in [9.17, 15) is 4.39 Å². The van der Waals surface area contributed by atoms with E-state index in [4.69, 9.17) is 11.6 Å². The van der Waals surface area contributed by atoms with E-state index in [1.54, 1.807) is 16.9 Å². The van der Waals surface area contributed by atoms with Gasteiger partial charge < -0.3 is 0 Å². The predicted octanol–water partition coefficient (Wildman–Crippen LogP) is 2.67. The molecule has 3 aromatic rings. The fourth-order valence-corrected chi connectivity index (χ4v) is 1.88. The minimum absolute atomic E-state index is 0.270. The Bertz CT molecular complexity index is 710. The van der Waals surface area contributed by atoms with Gasteiger partial charge in [-0.15, -0.1) is 0 Å². The molecule has 0 amide bonds. The third-order valence-corrected chi connectivity index (χ3v) is 2.72. The number of aromatic nitrogens is 4. The molecule has 0 aliphatic heterocycles. The first-order chi connectivity index (χ1) is 8.72. The van der Waals surface area contributed by atoms with Crippen molar-refractivity contribution in [3.8, 4) is 0 Å². The molecule has 0 fully saturated rings. The van der Waals surface area contributed by atoms with E-state index in [1.165, 1.54) is 18.3 Å². The Morgan fingerprint density at radius 1 is 1.28 bits per heavy atom. The molecule has 18 heavy (non-hydrogen) atoms. The Balaban J connectivity index is 2.02. The van der Waals surface area contributed by atoms with Crippen LogP contribution in [0.25, 0.3) is 11.2 Å². The summed E-state index contributed by atoms with van der Waals surface area (Å²) in [5, 5.41) is 4.48. The fraction of sp³-hybridized carbons (Fsp3) is 0.0833. The van der Waals surface area contributed by atoms with Gasteiger partial charge in [0.15, 0.2) is 5.65 Å². The average molecular weight is 263 g/mol. The molecule has 0 N–H and O–H groups in total. The van der Waals surface area contributed by atoms with Gasteiger partial charge in [-0.05, 0) is 17.7 Å². The zero-order chi connectivity index (χ0) is 12.5. The molecule has 90 valence electrons. The molecule has 0 saturated carbocycles. The van der Waals surface area contributed by atoms with Crippen molar-refractivity contribution >= 4 is 22.8 Å². The summed E-state index contributed by atoms with van der Waals surface area (Å²) in [5.74, 6) is -0.270. The van der Waals surface area contributed by atoms with Crippen molar-refractivity contribution in [3.63, 3.8) is 0 Å². The van der Waals surface area contributed by atoms with Gasteiger partial charge in [-0.1, -0.05) is 23.7 Å². The summed E-state index contributed by atoms with van der Waals surface area (Å²) in [6, 6.07) is 6.36. The lowest BCUT2D eigenvalue weighted by Gasteiger charge is -2.03. The summed E-state index contributed by atoms with van der Waals surface area (Å²) in [5.41, 5.74) is 2.06. The van der Waals surface area contributed by atoms with Gasteiger partial charge in [-0.3, -0.25) is 0 Å². The quantitative estimate of drug-likeness (QED) is 0.713. The summed E-state index contributed by atoms with van der Waals surface area (Å²) >= 11 is 5.80. The number of hydrogen-bond acceptors (Lipinski definition) is 3. The summed E-state index contributed by atoms with van der Waals surface area (Å²) < 4.78 is 14.7. The number of fused-ring (bicyclic) bond motifs is 1. The fourth-order valence-electron chi connectivity index (χ4n) is 1.75. The first-order valence-electron chi connectivity index (χ1n) is 5.31. The van der Waals surface area contributed by atoms with E-state index in [2.05, 4.69) is 15.1 Å². The second-order valence-corrected chi connectivity index (χ2v) is 4.22. The van der Waals surface area contributed by atoms with Crippen molar-refractivity contribution in [2.75, 3.05) is 0 Å². The van der Waals surface area contributed by atoms with E-state index >= 15 is 0 Å². The van der Waals surface area contributed by atoms with Crippen LogP contribution in [0.4, 0.5) is 4.39 Å². The van der Waals surface area contributed by atoms with Gasteiger partial charge >= 0.3 is 0 Å². The molecule has 6 heteroatoms. The van der Waals surface area contributed by atoms with Gasteiger partial charge in [0, 0.05) is 0 Å². The SMILES string of the molecule is Fc1cccc(Cn2ncc3ncc(Cl)nc32)c1. The maximum atomic E-state index is 13.1. The van der Waals surface area contributed by atoms with E-state index in [0.717, 1.165) is 5.56 Å². The lowest BCUT2D eigenvalue weighted by molar-refractivity contribution is 0.620. The molecule has 0 aliphatic carbocycles.